The van der Waals surface area contributed by atoms with Crippen LogP contribution in [0.25, 0.3) is 0 Å². The first-order valence-electron chi connectivity index (χ1n) is 14.8. The SMILES string of the molecule is COc1cc(C(=O)NCCN2CCN(C(=O)OC(C)(C)C)CC2)ccc1Nc1ccc2c(n1)N(C(C)C)[C@H](C)C(=O)N2C. The summed E-state index contributed by atoms with van der Waals surface area (Å²) >= 11 is 0. The number of hydrogen-bond acceptors (Lipinski definition) is 9. The lowest BCUT2D eigenvalue weighted by Gasteiger charge is -2.41. The maximum absolute atomic E-state index is 12.9. The number of rotatable bonds is 8. The van der Waals surface area contributed by atoms with Gasteiger partial charge in [-0.1, -0.05) is 0 Å². The van der Waals surface area contributed by atoms with E-state index < -0.39 is 5.60 Å². The second kappa shape index (κ2) is 13.1. The normalized spacial score (nSPS) is 17.6. The topological polar surface area (TPSA) is 120 Å². The lowest BCUT2D eigenvalue weighted by atomic mass is 10.1. The summed E-state index contributed by atoms with van der Waals surface area (Å²) in [4.78, 5) is 50.4. The molecule has 2 aliphatic heterocycles. The van der Waals surface area contributed by atoms with Crippen LogP contribution in [0.1, 0.15) is 51.9 Å². The molecule has 0 spiro atoms. The van der Waals surface area contributed by atoms with Crippen molar-refractivity contribution in [3.8, 4) is 5.75 Å². The van der Waals surface area contributed by atoms with Gasteiger partial charge in [0.25, 0.3) is 5.91 Å². The summed E-state index contributed by atoms with van der Waals surface area (Å²) in [6.07, 6.45) is -0.286. The predicted molar refractivity (Wildman–Crippen MR) is 168 cm³/mol. The molecule has 1 atom stereocenters. The third kappa shape index (κ3) is 7.48. The number of amides is 3. The lowest BCUT2D eigenvalue weighted by Crippen LogP contribution is -2.53. The number of fused-ring (bicyclic) bond motifs is 1. The van der Waals surface area contributed by atoms with Gasteiger partial charge in [-0.05, 0) is 71.9 Å². The number of nitrogens with one attached hydrogen (secondary N) is 2. The van der Waals surface area contributed by atoms with Gasteiger partial charge < -0.3 is 34.8 Å². The molecule has 3 amide bonds. The highest BCUT2D eigenvalue weighted by Gasteiger charge is 2.36. The summed E-state index contributed by atoms with van der Waals surface area (Å²) in [6.45, 7) is 15.4. The fourth-order valence-corrected chi connectivity index (χ4v) is 5.34. The monoisotopic (exact) mass is 595 g/mol. The maximum atomic E-state index is 12.9. The van der Waals surface area contributed by atoms with E-state index in [0.29, 0.717) is 49.0 Å². The van der Waals surface area contributed by atoms with Gasteiger partial charge in [0.05, 0.1) is 18.5 Å². The first-order chi connectivity index (χ1) is 20.3. The first kappa shape index (κ1) is 31.9. The van der Waals surface area contributed by atoms with Crippen LogP contribution in [-0.4, -0.2) is 104 Å². The predicted octanol–water partition coefficient (Wildman–Crippen LogP) is 3.70. The molecule has 0 bridgehead atoms. The average Bonchev–Trinajstić information content (AvgIpc) is 2.95. The summed E-state index contributed by atoms with van der Waals surface area (Å²) in [5.41, 5.74) is 1.39. The molecule has 234 valence electrons. The molecule has 1 saturated heterocycles. The van der Waals surface area contributed by atoms with Crippen LogP contribution in [0, 0.1) is 0 Å². The Labute approximate surface area is 254 Å². The Morgan fingerprint density at radius 1 is 1.09 bits per heavy atom. The highest BCUT2D eigenvalue weighted by atomic mass is 16.6. The molecule has 0 unspecified atom stereocenters. The second-order valence-electron chi connectivity index (χ2n) is 12.2. The summed E-state index contributed by atoms with van der Waals surface area (Å²) in [5, 5.41) is 6.29. The molecule has 1 aromatic carbocycles. The molecule has 3 heterocycles. The molecular formula is C31H45N7O5. The number of methoxy groups -OCH3 is 1. The van der Waals surface area contributed by atoms with E-state index in [1.165, 1.54) is 0 Å². The minimum Gasteiger partial charge on any atom is -0.495 e. The van der Waals surface area contributed by atoms with Gasteiger partial charge in [-0.25, -0.2) is 9.78 Å². The molecule has 2 aliphatic rings. The zero-order chi connectivity index (χ0) is 31.5. The van der Waals surface area contributed by atoms with Crippen molar-refractivity contribution >= 4 is 40.9 Å². The van der Waals surface area contributed by atoms with E-state index in [1.54, 1.807) is 42.2 Å². The standard InChI is InChI=1S/C31H45N7O5/c1-20(2)38-21(3)29(40)35(7)24-11-12-26(34-27(24)38)33-23-10-9-22(19-25(23)42-8)28(39)32-13-14-36-15-17-37(18-16-36)30(41)43-31(4,5)6/h9-12,19-21H,13-18H2,1-8H3,(H,32,39)(H,33,34)/t21-/m1/s1. The van der Waals surface area contributed by atoms with E-state index in [1.807, 2.05) is 58.6 Å². The minimum atomic E-state index is -0.512. The van der Waals surface area contributed by atoms with E-state index in [-0.39, 0.29) is 30.0 Å². The summed E-state index contributed by atoms with van der Waals surface area (Å²) in [5.74, 6) is 1.67. The van der Waals surface area contributed by atoms with E-state index in [2.05, 4.69) is 15.5 Å². The van der Waals surface area contributed by atoms with Crippen molar-refractivity contribution in [2.45, 2.75) is 59.2 Å². The Hall–Kier alpha value is -4.06. The molecule has 12 heteroatoms. The molecule has 1 fully saturated rings. The van der Waals surface area contributed by atoms with Crippen molar-refractivity contribution in [1.29, 1.82) is 0 Å². The number of carbonyl (C=O) groups is 3. The number of benzene rings is 1. The van der Waals surface area contributed by atoms with Gasteiger partial charge >= 0.3 is 6.09 Å². The maximum Gasteiger partial charge on any atom is 0.410 e. The average molecular weight is 596 g/mol. The molecule has 2 aromatic rings. The molecule has 1 aromatic heterocycles. The number of carbonyl (C=O) groups excluding carboxylic acids is 3. The van der Waals surface area contributed by atoms with Crippen molar-refractivity contribution < 1.29 is 23.9 Å². The second-order valence-corrected chi connectivity index (χ2v) is 12.2. The lowest BCUT2D eigenvalue weighted by molar-refractivity contribution is -0.119. The highest BCUT2D eigenvalue weighted by Crippen LogP contribution is 2.37. The van der Waals surface area contributed by atoms with Crippen molar-refractivity contribution in [2.24, 2.45) is 0 Å². The summed E-state index contributed by atoms with van der Waals surface area (Å²) < 4.78 is 11.1. The van der Waals surface area contributed by atoms with Gasteiger partial charge in [0.2, 0.25) is 5.91 Å². The third-order valence-electron chi connectivity index (χ3n) is 7.59. The number of piperazine rings is 1. The molecule has 43 heavy (non-hydrogen) atoms. The van der Waals surface area contributed by atoms with E-state index in [9.17, 15) is 14.4 Å². The highest BCUT2D eigenvalue weighted by molar-refractivity contribution is 6.04. The third-order valence-corrected chi connectivity index (χ3v) is 7.59. The quantitative estimate of drug-likeness (QED) is 0.471. The van der Waals surface area contributed by atoms with Crippen LogP contribution in [0.5, 0.6) is 5.75 Å². The van der Waals surface area contributed by atoms with Crippen LogP contribution in [0.4, 0.5) is 27.8 Å². The van der Waals surface area contributed by atoms with Crippen molar-refractivity contribution in [2.75, 3.05) is 68.5 Å². The summed E-state index contributed by atoms with van der Waals surface area (Å²) in [6, 6.07) is 8.71. The van der Waals surface area contributed by atoms with Crippen LogP contribution in [-0.2, 0) is 9.53 Å². The van der Waals surface area contributed by atoms with Gasteiger partial charge in [-0.2, -0.15) is 0 Å². The number of likely N-dealkylation sites (N-methyl/N-ethyl adjacent to an activating group) is 1. The van der Waals surface area contributed by atoms with Gasteiger partial charge in [-0.3, -0.25) is 14.5 Å². The smallest absolute Gasteiger partial charge is 0.410 e. The fourth-order valence-electron chi connectivity index (χ4n) is 5.34. The van der Waals surface area contributed by atoms with E-state index in [0.717, 1.165) is 24.6 Å². The first-order valence-corrected chi connectivity index (χ1v) is 14.8. The number of aromatic nitrogens is 1. The largest absolute Gasteiger partial charge is 0.495 e. The Morgan fingerprint density at radius 2 is 1.79 bits per heavy atom. The number of hydrogen-bond donors (Lipinski definition) is 2. The van der Waals surface area contributed by atoms with Gasteiger partial charge in [0.15, 0.2) is 5.82 Å². The number of pyridine rings is 1. The number of anilines is 4. The van der Waals surface area contributed by atoms with Crippen molar-refractivity contribution in [3.63, 3.8) is 0 Å². The minimum absolute atomic E-state index is 0.0278. The van der Waals surface area contributed by atoms with Gasteiger partial charge in [-0.15, -0.1) is 0 Å². The molecule has 4 rings (SSSR count). The Bertz CT molecular complexity index is 1330. The van der Waals surface area contributed by atoms with Gasteiger partial charge in [0.1, 0.15) is 23.2 Å². The molecule has 0 aliphatic carbocycles. The van der Waals surface area contributed by atoms with Gasteiger partial charge in [0, 0.05) is 57.9 Å². The molecular weight excluding hydrogens is 550 g/mol. The van der Waals surface area contributed by atoms with Crippen LogP contribution in [0.3, 0.4) is 0 Å². The summed E-state index contributed by atoms with van der Waals surface area (Å²) in [7, 11) is 3.33. The van der Waals surface area contributed by atoms with E-state index >= 15 is 0 Å². The van der Waals surface area contributed by atoms with Crippen LogP contribution >= 0.6 is 0 Å². The zero-order valence-electron chi connectivity index (χ0n) is 26.6. The molecule has 12 nitrogen and oxygen atoms in total. The van der Waals surface area contributed by atoms with Crippen LogP contribution < -0.4 is 25.2 Å². The van der Waals surface area contributed by atoms with Crippen molar-refractivity contribution in [1.82, 2.24) is 20.1 Å². The Balaban J connectivity index is 1.34. The number of nitrogens with zero attached hydrogens (tertiary/aromatic N) is 5. The fraction of sp³-hybridized carbons (Fsp3) is 0.548. The van der Waals surface area contributed by atoms with E-state index in [4.69, 9.17) is 14.5 Å². The molecule has 0 radical (unpaired) electrons. The van der Waals surface area contributed by atoms with Crippen LogP contribution in [0.2, 0.25) is 0 Å². The molecule has 2 N–H and O–H groups in total. The molecule has 0 saturated carbocycles. The Kier molecular flexibility index (Phi) is 9.69. The van der Waals surface area contributed by atoms with Crippen LogP contribution in [0.15, 0.2) is 30.3 Å². The number of ether oxygens (including phenoxy) is 2. The van der Waals surface area contributed by atoms with Crippen molar-refractivity contribution in [3.05, 3.63) is 35.9 Å². The Morgan fingerprint density at radius 3 is 2.42 bits per heavy atom. The zero-order valence-corrected chi connectivity index (χ0v) is 26.6.